The number of benzene rings is 2. The summed E-state index contributed by atoms with van der Waals surface area (Å²) < 4.78 is 10.4. The largest absolute Gasteiger partial charge is 0.465 e. The van der Waals surface area contributed by atoms with Crippen molar-refractivity contribution < 1.29 is 19.1 Å². The molecule has 1 N–H and O–H groups in total. The van der Waals surface area contributed by atoms with Gasteiger partial charge in [-0.1, -0.05) is 12.1 Å². The fourth-order valence-corrected chi connectivity index (χ4v) is 2.01. The predicted molar refractivity (Wildman–Crippen MR) is 72.3 cm³/mol. The van der Waals surface area contributed by atoms with Crippen LogP contribution in [0.2, 0.25) is 0 Å². The lowest BCUT2D eigenvalue weighted by Gasteiger charge is -2.08. The van der Waals surface area contributed by atoms with E-state index in [0.29, 0.717) is 28.3 Å². The average molecular weight is 269 g/mol. The lowest BCUT2D eigenvalue weighted by molar-refractivity contribution is 0.0600. The second-order valence-corrected chi connectivity index (χ2v) is 4.25. The molecule has 1 amide bonds. The molecule has 0 fully saturated rings. The van der Waals surface area contributed by atoms with Crippen LogP contribution in [0.3, 0.4) is 0 Å². The number of carbonyl (C=O) groups is 2. The van der Waals surface area contributed by atoms with Crippen LogP contribution in [0.1, 0.15) is 20.7 Å². The van der Waals surface area contributed by atoms with Crippen LogP contribution >= 0.6 is 0 Å². The van der Waals surface area contributed by atoms with Gasteiger partial charge < -0.3 is 14.8 Å². The van der Waals surface area contributed by atoms with Crippen molar-refractivity contribution in [2.45, 2.75) is 0 Å². The molecule has 3 rings (SSSR count). The third-order valence-electron chi connectivity index (χ3n) is 3.00. The van der Waals surface area contributed by atoms with E-state index in [2.05, 4.69) is 10.1 Å². The van der Waals surface area contributed by atoms with Gasteiger partial charge in [-0.2, -0.15) is 0 Å². The molecule has 0 aromatic heterocycles. The summed E-state index contributed by atoms with van der Waals surface area (Å²) in [6, 6.07) is 11.7. The Bertz CT molecular complexity index is 709. The molecule has 2 aromatic carbocycles. The van der Waals surface area contributed by atoms with Crippen LogP contribution in [0.15, 0.2) is 42.5 Å². The van der Waals surface area contributed by atoms with E-state index >= 15 is 0 Å². The van der Waals surface area contributed by atoms with Gasteiger partial charge in [-0.05, 0) is 30.3 Å². The monoisotopic (exact) mass is 269 g/mol. The van der Waals surface area contributed by atoms with Crippen molar-refractivity contribution in [1.29, 1.82) is 0 Å². The minimum Gasteiger partial charge on any atom is -0.465 e. The average Bonchev–Trinajstić information content (AvgIpc) is 2.62. The molecule has 100 valence electrons. The Kier molecular flexibility index (Phi) is 2.87. The molecule has 5 nitrogen and oxygen atoms in total. The Morgan fingerprint density at radius 3 is 2.75 bits per heavy atom. The Morgan fingerprint density at radius 1 is 1.15 bits per heavy atom. The number of methoxy groups -OCH3 is 1. The normalized spacial score (nSPS) is 12.3. The van der Waals surface area contributed by atoms with E-state index in [0.717, 1.165) is 0 Å². The quantitative estimate of drug-likeness (QED) is 0.808. The predicted octanol–water partition coefficient (Wildman–Crippen LogP) is 2.83. The van der Waals surface area contributed by atoms with Crippen LogP contribution in [-0.4, -0.2) is 19.0 Å². The van der Waals surface area contributed by atoms with Crippen LogP contribution in [-0.2, 0) is 4.74 Å². The Hall–Kier alpha value is -2.82. The molecule has 0 atom stereocenters. The van der Waals surface area contributed by atoms with Crippen molar-refractivity contribution in [2.75, 3.05) is 12.4 Å². The summed E-state index contributed by atoms with van der Waals surface area (Å²) in [5.41, 5.74) is 1.23. The maximum absolute atomic E-state index is 12.1. The van der Waals surface area contributed by atoms with Gasteiger partial charge in [0.25, 0.3) is 5.91 Å². The summed E-state index contributed by atoms with van der Waals surface area (Å²) in [6.07, 6.45) is 0. The molecule has 0 unspecified atom stereocenters. The summed E-state index contributed by atoms with van der Waals surface area (Å²) in [4.78, 5) is 23.6. The van der Waals surface area contributed by atoms with Gasteiger partial charge in [0.2, 0.25) is 0 Å². The van der Waals surface area contributed by atoms with E-state index in [1.807, 2.05) is 0 Å². The number of para-hydroxylation sites is 1. The number of hydrogen-bond acceptors (Lipinski definition) is 4. The smallest absolute Gasteiger partial charge is 0.337 e. The number of amides is 1. The van der Waals surface area contributed by atoms with E-state index < -0.39 is 5.97 Å². The molecule has 1 aliphatic rings. The highest BCUT2D eigenvalue weighted by Crippen LogP contribution is 2.35. The third kappa shape index (κ3) is 1.99. The lowest BCUT2D eigenvalue weighted by Crippen LogP contribution is -2.11. The van der Waals surface area contributed by atoms with Crippen molar-refractivity contribution >= 4 is 17.6 Å². The van der Waals surface area contributed by atoms with Crippen LogP contribution < -0.4 is 10.1 Å². The minimum absolute atomic E-state index is 0.277. The SMILES string of the molecule is COC(=O)c1ccc2c(c1)NC(=O)c1ccccc1O2. The number of hydrogen-bond donors (Lipinski definition) is 1. The van der Waals surface area contributed by atoms with E-state index in [1.54, 1.807) is 36.4 Å². The molecule has 0 bridgehead atoms. The van der Waals surface area contributed by atoms with Gasteiger partial charge >= 0.3 is 5.97 Å². The number of rotatable bonds is 1. The fraction of sp³-hybridized carbons (Fsp3) is 0.0667. The molecule has 0 spiro atoms. The Labute approximate surface area is 115 Å². The summed E-state index contributed by atoms with van der Waals surface area (Å²) in [6.45, 7) is 0. The van der Waals surface area contributed by atoms with E-state index in [-0.39, 0.29) is 5.91 Å². The molecule has 5 heteroatoms. The fourth-order valence-electron chi connectivity index (χ4n) is 2.01. The number of ether oxygens (including phenoxy) is 2. The van der Waals surface area contributed by atoms with Crippen LogP contribution in [0, 0.1) is 0 Å². The molecule has 0 saturated heterocycles. The van der Waals surface area contributed by atoms with Gasteiger partial charge in [0.1, 0.15) is 5.75 Å². The zero-order valence-electron chi connectivity index (χ0n) is 10.7. The second kappa shape index (κ2) is 4.70. The highest BCUT2D eigenvalue weighted by molar-refractivity contribution is 6.08. The Morgan fingerprint density at radius 2 is 1.95 bits per heavy atom. The van der Waals surface area contributed by atoms with Gasteiger partial charge in [0.15, 0.2) is 5.75 Å². The number of esters is 1. The second-order valence-electron chi connectivity index (χ2n) is 4.25. The molecule has 1 aliphatic heterocycles. The van der Waals surface area contributed by atoms with E-state index in [1.165, 1.54) is 13.2 Å². The summed E-state index contributed by atoms with van der Waals surface area (Å²) >= 11 is 0. The first-order valence-electron chi connectivity index (χ1n) is 5.99. The first kappa shape index (κ1) is 12.2. The molecular formula is C15H11NO4. The van der Waals surface area contributed by atoms with Crippen molar-refractivity contribution in [3.8, 4) is 11.5 Å². The molecule has 1 heterocycles. The zero-order chi connectivity index (χ0) is 14.1. The van der Waals surface area contributed by atoms with Gasteiger partial charge in [-0.15, -0.1) is 0 Å². The minimum atomic E-state index is -0.469. The molecule has 2 aromatic rings. The number of carbonyl (C=O) groups excluding carboxylic acids is 2. The zero-order valence-corrected chi connectivity index (χ0v) is 10.7. The Balaban J connectivity index is 2.07. The molecular weight excluding hydrogens is 258 g/mol. The number of nitrogens with one attached hydrogen (secondary N) is 1. The third-order valence-corrected chi connectivity index (χ3v) is 3.00. The van der Waals surface area contributed by atoms with Gasteiger partial charge in [-0.25, -0.2) is 4.79 Å². The topological polar surface area (TPSA) is 64.6 Å². The van der Waals surface area contributed by atoms with E-state index in [9.17, 15) is 9.59 Å². The first-order chi connectivity index (χ1) is 9.69. The first-order valence-corrected chi connectivity index (χ1v) is 5.99. The van der Waals surface area contributed by atoms with Gasteiger partial charge in [0.05, 0.1) is 23.9 Å². The highest BCUT2D eigenvalue weighted by atomic mass is 16.5. The van der Waals surface area contributed by atoms with E-state index in [4.69, 9.17) is 4.74 Å². The maximum Gasteiger partial charge on any atom is 0.337 e. The summed E-state index contributed by atoms with van der Waals surface area (Å²) in [5.74, 6) is 0.218. The maximum atomic E-state index is 12.1. The molecule has 0 aliphatic carbocycles. The summed E-state index contributed by atoms with van der Waals surface area (Å²) in [5, 5.41) is 2.73. The van der Waals surface area contributed by atoms with Crippen LogP contribution in [0.25, 0.3) is 0 Å². The molecule has 20 heavy (non-hydrogen) atoms. The van der Waals surface area contributed by atoms with Crippen molar-refractivity contribution in [1.82, 2.24) is 0 Å². The van der Waals surface area contributed by atoms with Crippen molar-refractivity contribution in [3.05, 3.63) is 53.6 Å². The molecule has 0 radical (unpaired) electrons. The molecule has 0 saturated carbocycles. The van der Waals surface area contributed by atoms with Crippen LogP contribution in [0.4, 0.5) is 5.69 Å². The standard InChI is InChI=1S/C15H11NO4/c1-19-15(18)9-6-7-13-11(8-9)16-14(17)10-4-2-3-5-12(10)20-13/h2-8H,1H3,(H,16,17). The summed E-state index contributed by atoms with van der Waals surface area (Å²) in [7, 11) is 1.30. The van der Waals surface area contributed by atoms with Gasteiger partial charge in [0, 0.05) is 0 Å². The highest BCUT2D eigenvalue weighted by Gasteiger charge is 2.21. The van der Waals surface area contributed by atoms with Gasteiger partial charge in [-0.3, -0.25) is 4.79 Å². The van der Waals surface area contributed by atoms with Crippen molar-refractivity contribution in [2.24, 2.45) is 0 Å². The number of anilines is 1. The van der Waals surface area contributed by atoms with Crippen molar-refractivity contribution in [3.63, 3.8) is 0 Å². The number of fused-ring (bicyclic) bond motifs is 2. The lowest BCUT2D eigenvalue weighted by atomic mass is 10.2. The van der Waals surface area contributed by atoms with Crippen LogP contribution in [0.5, 0.6) is 11.5 Å².